The first-order chi connectivity index (χ1) is 14.5. The number of hydrogen-bond acceptors (Lipinski definition) is 6. The van der Waals surface area contributed by atoms with Crippen molar-refractivity contribution in [3.8, 4) is 11.5 Å². The first-order valence-electron chi connectivity index (χ1n) is 10.00. The lowest BCUT2D eigenvalue weighted by atomic mass is 10.0. The van der Waals surface area contributed by atoms with Crippen molar-refractivity contribution in [1.29, 1.82) is 0 Å². The number of carbonyl (C=O) groups excluding carboxylic acids is 2. The number of aromatic hydroxyl groups is 1. The minimum atomic E-state index is -0.869. The molecule has 0 spiro atoms. The molecule has 2 aromatic rings. The topological polar surface area (TPSA) is 96.9 Å². The van der Waals surface area contributed by atoms with Gasteiger partial charge in [-0.2, -0.15) is 0 Å². The summed E-state index contributed by atoms with van der Waals surface area (Å²) in [5.41, 5.74) is 1.55. The summed E-state index contributed by atoms with van der Waals surface area (Å²) in [6.07, 6.45) is 2.15. The number of unbranched alkanes of at least 4 members (excludes halogenated alkanes) is 1. The molecule has 8 heteroatoms. The number of rotatable bonds is 11. The molecule has 0 aromatic heterocycles. The minimum absolute atomic E-state index is 0. The molecule has 0 saturated heterocycles. The van der Waals surface area contributed by atoms with Gasteiger partial charge in [-0.25, -0.2) is 4.79 Å². The number of nitrogens with one attached hydrogen (secondary N) is 2. The van der Waals surface area contributed by atoms with Gasteiger partial charge < -0.3 is 25.2 Å². The molecule has 0 heterocycles. The number of methoxy groups -OCH3 is 1. The summed E-state index contributed by atoms with van der Waals surface area (Å²) in [4.78, 5) is 25.0. The third-order valence-electron chi connectivity index (χ3n) is 4.68. The van der Waals surface area contributed by atoms with Crippen LogP contribution in [0.2, 0.25) is 0 Å². The average Bonchev–Trinajstić information content (AvgIpc) is 2.73. The van der Waals surface area contributed by atoms with Gasteiger partial charge in [0.15, 0.2) is 0 Å². The van der Waals surface area contributed by atoms with Crippen LogP contribution in [0.1, 0.15) is 35.8 Å². The molecule has 0 saturated carbocycles. The molecule has 2 rings (SSSR count). The molecule has 0 unspecified atom stereocenters. The number of phenols is 1. The van der Waals surface area contributed by atoms with Crippen LogP contribution in [-0.2, 0) is 16.0 Å². The molecule has 0 aliphatic carbocycles. The highest BCUT2D eigenvalue weighted by atomic mass is 35.5. The molecule has 1 atom stereocenters. The molecule has 2 aromatic carbocycles. The Bertz CT molecular complexity index is 829. The molecule has 7 nitrogen and oxygen atoms in total. The van der Waals surface area contributed by atoms with E-state index in [1.54, 1.807) is 13.0 Å². The zero-order valence-electron chi connectivity index (χ0n) is 18.1. The van der Waals surface area contributed by atoms with Crippen LogP contribution in [0.4, 0.5) is 0 Å². The summed E-state index contributed by atoms with van der Waals surface area (Å²) in [6.45, 7) is 3.15. The fraction of sp³-hybridized carbons (Fsp3) is 0.391. The Kier molecular flexibility index (Phi) is 11.5. The lowest BCUT2D eigenvalue weighted by Crippen LogP contribution is -2.43. The van der Waals surface area contributed by atoms with Crippen LogP contribution in [-0.4, -0.2) is 50.3 Å². The Morgan fingerprint density at radius 1 is 1.16 bits per heavy atom. The summed E-state index contributed by atoms with van der Waals surface area (Å²) in [5, 5.41) is 16.2. The average molecular weight is 453 g/mol. The minimum Gasteiger partial charge on any atom is -0.507 e. The van der Waals surface area contributed by atoms with Gasteiger partial charge in [-0.3, -0.25) is 4.79 Å². The van der Waals surface area contributed by atoms with Crippen LogP contribution in [0.3, 0.4) is 0 Å². The Balaban J connectivity index is 0.00000480. The van der Waals surface area contributed by atoms with Crippen molar-refractivity contribution in [3.05, 3.63) is 59.2 Å². The zero-order valence-corrected chi connectivity index (χ0v) is 19.0. The molecule has 31 heavy (non-hydrogen) atoms. The Labute approximate surface area is 191 Å². The number of ether oxygens (including phenoxy) is 2. The maximum absolute atomic E-state index is 12.8. The zero-order chi connectivity index (χ0) is 21.9. The quantitative estimate of drug-likeness (QED) is 0.357. The fourth-order valence-electron chi connectivity index (χ4n) is 3.12. The van der Waals surface area contributed by atoms with Gasteiger partial charge in [0.05, 0.1) is 19.3 Å². The summed E-state index contributed by atoms with van der Waals surface area (Å²) in [6, 6.07) is 11.6. The van der Waals surface area contributed by atoms with Crippen molar-refractivity contribution >= 4 is 24.3 Å². The number of halogens is 1. The van der Waals surface area contributed by atoms with Crippen molar-refractivity contribution in [2.45, 2.75) is 32.2 Å². The number of hydrogen-bond donors (Lipinski definition) is 3. The van der Waals surface area contributed by atoms with Gasteiger partial charge in [-0.15, -0.1) is 12.4 Å². The normalized spacial score (nSPS) is 11.2. The molecule has 0 bridgehead atoms. The highest BCUT2D eigenvalue weighted by Crippen LogP contribution is 2.28. The fourth-order valence-corrected chi connectivity index (χ4v) is 3.12. The molecule has 1 amide bonds. The van der Waals surface area contributed by atoms with E-state index in [1.165, 1.54) is 13.2 Å². The number of esters is 1. The number of benzene rings is 2. The van der Waals surface area contributed by atoms with Crippen molar-refractivity contribution in [2.24, 2.45) is 0 Å². The first kappa shape index (κ1) is 26.3. The second-order valence-electron chi connectivity index (χ2n) is 7.03. The third kappa shape index (κ3) is 8.11. The highest BCUT2D eigenvalue weighted by molar-refractivity contribution is 6.00. The largest absolute Gasteiger partial charge is 0.507 e. The molecular formula is C23H33ClN2O5. The van der Waals surface area contributed by atoms with E-state index >= 15 is 0 Å². The van der Waals surface area contributed by atoms with E-state index in [9.17, 15) is 14.7 Å². The van der Waals surface area contributed by atoms with Crippen LogP contribution >= 0.6 is 12.4 Å². The maximum Gasteiger partial charge on any atom is 0.328 e. The van der Waals surface area contributed by atoms with Gasteiger partial charge in [0.1, 0.15) is 17.5 Å². The monoisotopic (exact) mass is 452 g/mol. The summed E-state index contributed by atoms with van der Waals surface area (Å²) < 4.78 is 10.5. The van der Waals surface area contributed by atoms with Crippen LogP contribution in [0.15, 0.2) is 42.5 Å². The Morgan fingerprint density at radius 3 is 2.48 bits per heavy atom. The highest BCUT2D eigenvalue weighted by Gasteiger charge is 2.25. The van der Waals surface area contributed by atoms with E-state index < -0.39 is 17.9 Å². The van der Waals surface area contributed by atoms with E-state index in [2.05, 4.69) is 10.6 Å². The van der Waals surface area contributed by atoms with Crippen LogP contribution in [0, 0.1) is 6.92 Å². The van der Waals surface area contributed by atoms with E-state index in [-0.39, 0.29) is 31.6 Å². The van der Waals surface area contributed by atoms with Gasteiger partial charge in [-0.05, 0) is 50.6 Å². The second kappa shape index (κ2) is 13.5. The van der Waals surface area contributed by atoms with Gasteiger partial charge in [0, 0.05) is 13.9 Å². The molecule has 3 N–H and O–H groups in total. The molecule has 0 fully saturated rings. The third-order valence-corrected chi connectivity index (χ3v) is 4.68. The smallest absolute Gasteiger partial charge is 0.328 e. The Hall–Kier alpha value is -2.77. The van der Waals surface area contributed by atoms with E-state index in [1.807, 2.05) is 37.4 Å². The van der Waals surface area contributed by atoms with Crippen molar-refractivity contribution in [2.75, 3.05) is 27.3 Å². The van der Waals surface area contributed by atoms with Crippen LogP contribution < -0.4 is 15.4 Å². The predicted molar refractivity (Wildman–Crippen MR) is 124 cm³/mol. The summed E-state index contributed by atoms with van der Waals surface area (Å²) >= 11 is 0. The molecule has 0 aliphatic heterocycles. The standard InChI is InChI=1S/C23H30N2O5.ClH.H2/c1-16-13-18(30-12-8-7-11-24-2)15-20(26)21(16)22(27)25-19(23(28)29-3)14-17-9-5-4-6-10-17;;/h4-6,9-10,13,15,19,24,26H,7-8,11-12,14H2,1-3H3,(H,25,27);2*1H/t19-;;/m0../s1. The lowest BCUT2D eigenvalue weighted by Gasteiger charge is -2.18. The number of amides is 1. The number of aryl methyl sites for hydroxylation is 1. The van der Waals surface area contributed by atoms with E-state index in [0.717, 1.165) is 24.9 Å². The summed E-state index contributed by atoms with van der Waals surface area (Å²) in [5.74, 6) is -0.788. The molecule has 172 valence electrons. The second-order valence-corrected chi connectivity index (χ2v) is 7.03. The maximum atomic E-state index is 12.8. The first-order valence-corrected chi connectivity index (χ1v) is 10.00. The van der Waals surface area contributed by atoms with Crippen molar-refractivity contribution < 1.29 is 25.6 Å². The lowest BCUT2D eigenvalue weighted by molar-refractivity contribution is -0.142. The van der Waals surface area contributed by atoms with Crippen molar-refractivity contribution in [1.82, 2.24) is 10.6 Å². The molecular weight excluding hydrogens is 420 g/mol. The van der Waals surface area contributed by atoms with Gasteiger partial charge >= 0.3 is 5.97 Å². The van der Waals surface area contributed by atoms with Crippen molar-refractivity contribution in [3.63, 3.8) is 0 Å². The van der Waals surface area contributed by atoms with E-state index in [0.29, 0.717) is 17.9 Å². The van der Waals surface area contributed by atoms with Gasteiger partial charge in [0.2, 0.25) is 0 Å². The SMILES string of the molecule is CNCCCCOc1cc(C)c(C(=O)N[C@@H](Cc2ccccc2)C(=O)OC)c(O)c1.Cl.[HH]. The summed E-state index contributed by atoms with van der Waals surface area (Å²) in [7, 11) is 3.18. The molecule has 0 aliphatic rings. The number of phenolic OH excluding ortho intramolecular Hbond substituents is 1. The molecule has 0 radical (unpaired) electrons. The van der Waals surface area contributed by atoms with Crippen LogP contribution in [0.5, 0.6) is 11.5 Å². The van der Waals surface area contributed by atoms with Gasteiger partial charge in [-0.1, -0.05) is 30.3 Å². The van der Waals surface area contributed by atoms with E-state index in [4.69, 9.17) is 9.47 Å². The Morgan fingerprint density at radius 2 is 1.87 bits per heavy atom. The number of carbonyl (C=O) groups is 2. The van der Waals surface area contributed by atoms with Gasteiger partial charge in [0.25, 0.3) is 5.91 Å². The predicted octanol–water partition coefficient (Wildman–Crippen LogP) is 3.26. The van der Waals surface area contributed by atoms with Crippen LogP contribution in [0.25, 0.3) is 0 Å².